The van der Waals surface area contributed by atoms with E-state index < -0.39 is 0 Å². The molecule has 0 nitrogen and oxygen atoms in total. The van der Waals surface area contributed by atoms with E-state index in [1.165, 1.54) is 48.8 Å². The number of rotatable bonds is 3. The molecule has 0 radical (unpaired) electrons. The number of benzene rings is 1. The van der Waals surface area contributed by atoms with Crippen LogP contribution in [0.2, 0.25) is 0 Å². The van der Waals surface area contributed by atoms with Gasteiger partial charge in [-0.15, -0.1) is 11.6 Å². The third kappa shape index (κ3) is 2.60. The van der Waals surface area contributed by atoms with E-state index in [9.17, 15) is 0 Å². The van der Waals surface area contributed by atoms with Gasteiger partial charge in [0.1, 0.15) is 0 Å². The molecule has 1 heteroatoms. The van der Waals surface area contributed by atoms with Crippen molar-refractivity contribution in [3.05, 3.63) is 34.9 Å². The van der Waals surface area contributed by atoms with E-state index in [-0.39, 0.29) is 0 Å². The first-order chi connectivity index (χ1) is 7.63. The van der Waals surface area contributed by atoms with E-state index in [1.54, 1.807) is 0 Å². The summed E-state index contributed by atoms with van der Waals surface area (Å²) in [6, 6.07) is 6.88. The first-order valence-electron chi connectivity index (χ1n) is 6.27. The fraction of sp³-hybridized carbons (Fsp3) is 0.600. The van der Waals surface area contributed by atoms with Crippen LogP contribution in [-0.4, -0.2) is 5.88 Å². The fourth-order valence-electron chi connectivity index (χ4n) is 3.09. The molecule has 1 aliphatic carbocycles. The molecule has 16 heavy (non-hydrogen) atoms. The minimum absolute atomic E-state index is 0.391. The molecule has 1 saturated carbocycles. The van der Waals surface area contributed by atoms with Crippen molar-refractivity contribution < 1.29 is 0 Å². The summed E-state index contributed by atoms with van der Waals surface area (Å²) in [4.78, 5) is 0. The van der Waals surface area contributed by atoms with Crippen LogP contribution in [0.4, 0.5) is 0 Å². The molecule has 0 aliphatic heterocycles. The van der Waals surface area contributed by atoms with Crippen LogP contribution in [0.25, 0.3) is 0 Å². The summed E-state index contributed by atoms with van der Waals surface area (Å²) in [7, 11) is 0. The highest BCUT2D eigenvalue weighted by molar-refractivity contribution is 6.18. The van der Waals surface area contributed by atoms with Gasteiger partial charge < -0.3 is 0 Å². The van der Waals surface area contributed by atoms with E-state index in [0.717, 1.165) is 5.88 Å². The molecule has 0 heterocycles. The quantitative estimate of drug-likeness (QED) is 0.671. The molecular weight excluding hydrogens is 216 g/mol. The number of halogens is 1. The van der Waals surface area contributed by atoms with Crippen molar-refractivity contribution in [2.75, 3.05) is 5.88 Å². The normalized spacial score (nSPS) is 18.9. The van der Waals surface area contributed by atoms with Gasteiger partial charge in [-0.25, -0.2) is 0 Å². The van der Waals surface area contributed by atoms with Crippen LogP contribution in [0.15, 0.2) is 18.2 Å². The Morgan fingerprint density at radius 2 is 1.62 bits per heavy atom. The van der Waals surface area contributed by atoms with Crippen molar-refractivity contribution >= 4 is 11.6 Å². The molecule has 0 bridgehead atoms. The number of alkyl halides is 1. The second-order valence-corrected chi connectivity index (χ2v) is 5.78. The first kappa shape index (κ1) is 12.0. The van der Waals surface area contributed by atoms with Gasteiger partial charge in [-0.1, -0.05) is 42.2 Å². The zero-order valence-corrected chi connectivity index (χ0v) is 11.1. The van der Waals surface area contributed by atoms with Crippen molar-refractivity contribution in [3.8, 4) is 0 Å². The van der Waals surface area contributed by atoms with Crippen molar-refractivity contribution in [1.29, 1.82) is 0 Å². The molecule has 0 saturated heterocycles. The second-order valence-electron chi connectivity index (χ2n) is 5.51. The maximum absolute atomic E-state index is 6.19. The molecule has 0 amide bonds. The van der Waals surface area contributed by atoms with Crippen LogP contribution in [0.1, 0.15) is 42.4 Å². The van der Waals surface area contributed by atoms with Gasteiger partial charge in [0.15, 0.2) is 0 Å². The Bertz CT molecular complexity index is 341. The Morgan fingerprint density at radius 3 is 2.12 bits per heavy atom. The highest BCUT2D eigenvalue weighted by Crippen LogP contribution is 2.42. The molecule has 88 valence electrons. The number of hydrogen-bond donors (Lipinski definition) is 0. The lowest BCUT2D eigenvalue weighted by Gasteiger charge is -2.26. The van der Waals surface area contributed by atoms with Gasteiger partial charge in [0, 0.05) is 5.88 Å². The summed E-state index contributed by atoms with van der Waals surface area (Å²) in [6.07, 6.45) is 6.50. The Balaban J connectivity index is 2.18. The molecule has 0 unspecified atom stereocenters. The molecule has 2 rings (SSSR count). The predicted molar refractivity (Wildman–Crippen MR) is 71.2 cm³/mol. The van der Waals surface area contributed by atoms with Gasteiger partial charge in [0.2, 0.25) is 0 Å². The maximum Gasteiger partial charge on any atom is 0.0283 e. The maximum atomic E-state index is 6.19. The number of aryl methyl sites for hydroxylation is 2. The van der Waals surface area contributed by atoms with Crippen LogP contribution in [-0.2, 0) is 6.42 Å². The summed E-state index contributed by atoms with van der Waals surface area (Å²) in [5.41, 5.74) is 4.61. The lowest BCUT2D eigenvalue weighted by molar-refractivity contribution is 0.341. The van der Waals surface area contributed by atoms with E-state index >= 15 is 0 Å². The largest absolute Gasteiger partial charge is 0.126 e. The standard InChI is InChI=1S/C15H21Cl/c1-12-7-13(2)9-14(8-12)10-15(11-16)5-3-4-6-15/h7-9H,3-6,10-11H2,1-2H3. The second kappa shape index (κ2) is 4.79. The molecule has 1 aromatic rings. The minimum Gasteiger partial charge on any atom is -0.126 e. The summed E-state index contributed by atoms with van der Waals surface area (Å²) < 4.78 is 0. The van der Waals surface area contributed by atoms with Gasteiger partial charge >= 0.3 is 0 Å². The molecule has 0 atom stereocenters. The van der Waals surface area contributed by atoms with Crippen LogP contribution < -0.4 is 0 Å². The monoisotopic (exact) mass is 236 g/mol. The zero-order valence-electron chi connectivity index (χ0n) is 10.4. The van der Waals surface area contributed by atoms with Crippen molar-refractivity contribution in [3.63, 3.8) is 0 Å². The minimum atomic E-state index is 0.391. The smallest absolute Gasteiger partial charge is 0.0283 e. The summed E-state index contributed by atoms with van der Waals surface area (Å²) in [5.74, 6) is 0.819. The molecule has 1 aliphatic rings. The zero-order chi connectivity index (χ0) is 11.6. The van der Waals surface area contributed by atoms with E-state index in [1.807, 2.05) is 0 Å². The summed E-state index contributed by atoms with van der Waals surface area (Å²) in [5, 5.41) is 0. The van der Waals surface area contributed by atoms with Crippen molar-refractivity contribution in [2.24, 2.45) is 5.41 Å². The molecule has 1 aromatic carbocycles. The number of hydrogen-bond acceptors (Lipinski definition) is 0. The topological polar surface area (TPSA) is 0 Å². The Morgan fingerprint density at radius 1 is 1.06 bits per heavy atom. The Kier molecular flexibility index (Phi) is 3.59. The summed E-state index contributed by atoms with van der Waals surface area (Å²) >= 11 is 6.19. The van der Waals surface area contributed by atoms with Gasteiger partial charge in [-0.2, -0.15) is 0 Å². The molecule has 0 spiro atoms. The van der Waals surface area contributed by atoms with Crippen LogP contribution in [0, 0.1) is 19.3 Å². The highest BCUT2D eigenvalue weighted by atomic mass is 35.5. The average molecular weight is 237 g/mol. The van der Waals surface area contributed by atoms with Crippen molar-refractivity contribution in [1.82, 2.24) is 0 Å². The van der Waals surface area contributed by atoms with E-state index in [4.69, 9.17) is 11.6 Å². The van der Waals surface area contributed by atoms with E-state index in [2.05, 4.69) is 32.0 Å². The SMILES string of the molecule is Cc1cc(C)cc(CC2(CCl)CCCC2)c1. The van der Waals surface area contributed by atoms with Crippen molar-refractivity contribution in [2.45, 2.75) is 46.0 Å². The lowest BCUT2D eigenvalue weighted by atomic mass is 9.81. The van der Waals surface area contributed by atoms with Crippen LogP contribution in [0.3, 0.4) is 0 Å². The third-order valence-electron chi connectivity index (χ3n) is 3.81. The van der Waals surface area contributed by atoms with Gasteiger partial charge in [-0.3, -0.25) is 0 Å². The van der Waals surface area contributed by atoms with Gasteiger partial charge in [0.05, 0.1) is 0 Å². The summed E-state index contributed by atoms with van der Waals surface area (Å²) in [6.45, 7) is 4.36. The molecular formula is C15H21Cl. The first-order valence-corrected chi connectivity index (χ1v) is 6.80. The average Bonchev–Trinajstić information content (AvgIpc) is 2.65. The van der Waals surface area contributed by atoms with E-state index in [0.29, 0.717) is 5.41 Å². The molecule has 1 fully saturated rings. The predicted octanol–water partition coefficient (Wildman–Crippen LogP) is 4.65. The fourth-order valence-corrected chi connectivity index (χ4v) is 3.45. The molecule has 0 N–H and O–H groups in total. The van der Waals surface area contributed by atoms with Crippen LogP contribution in [0.5, 0.6) is 0 Å². The third-order valence-corrected chi connectivity index (χ3v) is 4.38. The van der Waals surface area contributed by atoms with Gasteiger partial charge in [-0.05, 0) is 44.1 Å². The van der Waals surface area contributed by atoms with Gasteiger partial charge in [0.25, 0.3) is 0 Å². The molecule has 0 aromatic heterocycles. The lowest BCUT2D eigenvalue weighted by Crippen LogP contribution is -2.21. The Hall–Kier alpha value is -0.490. The Labute approximate surface area is 104 Å². The highest BCUT2D eigenvalue weighted by Gasteiger charge is 2.32. The van der Waals surface area contributed by atoms with Crippen LogP contribution >= 0.6 is 11.6 Å².